The predicted octanol–water partition coefficient (Wildman–Crippen LogP) is 4.09. The summed E-state index contributed by atoms with van der Waals surface area (Å²) in [4.78, 5) is 16.3. The van der Waals surface area contributed by atoms with Gasteiger partial charge in [0.15, 0.2) is 11.5 Å². The molecule has 0 radical (unpaired) electrons. The summed E-state index contributed by atoms with van der Waals surface area (Å²) in [5.74, 6) is 0.657. The Hall–Kier alpha value is -2.70. The lowest BCUT2D eigenvalue weighted by molar-refractivity contribution is 0.407. The van der Waals surface area contributed by atoms with Crippen LogP contribution >= 0.6 is 11.6 Å². The third-order valence-electron chi connectivity index (χ3n) is 5.37. The molecular formula is C22H23ClN6. The SMILES string of the molecule is Cc1cn2cc(-c3ncc4cc(N5CC(C)NC(C)C5)ccc4n3)cc(Cl)c2n1. The van der Waals surface area contributed by atoms with Gasteiger partial charge in [0, 0.05) is 60.4 Å². The molecular weight excluding hydrogens is 384 g/mol. The quantitative estimate of drug-likeness (QED) is 0.543. The molecule has 4 heterocycles. The zero-order valence-electron chi connectivity index (χ0n) is 16.7. The summed E-state index contributed by atoms with van der Waals surface area (Å²) in [6.07, 6.45) is 5.82. The Bertz CT molecular complexity index is 1210. The van der Waals surface area contributed by atoms with Crippen LogP contribution in [0, 0.1) is 6.92 Å². The van der Waals surface area contributed by atoms with Crippen molar-refractivity contribution in [2.75, 3.05) is 18.0 Å². The number of nitrogens with one attached hydrogen (secondary N) is 1. The van der Waals surface area contributed by atoms with E-state index in [0.717, 1.165) is 40.9 Å². The van der Waals surface area contributed by atoms with E-state index in [2.05, 4.69) is 52.2 Å². The van der Waals surface area contributed by atoms with Gasteiger partial charge in [-0.3, -0.25) is 0 Å². The van der Waals surface area contributed by atoms with Gasteiger partial charge in [-0.05, 0) is 45.0 Å². The molecule has 0 aliphatic carbocycles. The van der Waals surface area contributed by atoms with Gasteiger partial charge in [-0.25, -0.2) is 15.0 Å². The average Bonchev–Trinajstić information content (AvgIpc) is 3.07. The number of aryl methyl sites for hydroxylation is 1. The van der Waals surface area contributed by atoms with Gasteiger partial charge in [0.1, 0.15) is 0 Å². The number of hydrogen-bond donors (Lipinski definition) is 1. The normalized spacial score (nSPS) is 19.9. The van der Waals surface area contributed by atoms with Crippen LogP contribution in [0.25, 0.3) is 27.9 Å². The first kappa shape index (κ1) is 18.3. The predicted molar refractivity (Wildman–Crippen MR) is 118 cm³/mol. The standard InChI is InChI=1S/C22H23ClN6/c1-13-9-28(10-14(2)25-13)18-4-5-20-16(6-18)8-24-21(27-20)17-7-19(23)22-26-15(3)11-29(22)12-17/h4-8,11-14,25H,9-10H2,1-3H3. The topological polar surface area (TPSA) is 58.4 Å². The smallest absolute Gasteiger partial charge is 0.161 e. The van der Waals surface area contributed by atoms with Crippen molar-refractivity contribution in [1.29, 1.82) is 0 Å². The summed E-state index contributed by atoms with van der Waals surface area (Å²) in [7, 11) is 0. The lowest BCUT2D eigenvalue weighted by Gasteiger charge is -2.37. The molecule has 1 fully saturated rings. The van der Waals surface area contributed by atoms with E-state index in [1.165, 1.54) is 5.69 Å². The fourth-order valence-corrected chi connectivity index (χ4v) is 4.45. The molecule has 1 aromatic carbocycles. The van der Waals surface area contributed by atoms with E-state index in [-0.39, 0.29) is 0 Å². The Morgan fingerprint density at radius 3 is 2.66 bits per heavy atom. The van der Waals surface area contributed by atoms with Crippen LogP contribution in [0.5, 0.6) is 0 Å². The minimum absolute atomic E-state index is 0.472. The molecule has 0 bridgehead atoms. The maximum atomic E-state index is 6.42. The number of hydrogen-bond acceptors (Lipinski definition) is 5. The number of nitrogens with zero attached hydrogens (tertiary/aromatic N) is 5. The van der Waals surface area contributed by atoms with Gasteiger partial charge in [-0.15, -0.1) is 0 Å². The molecule has 1 N–H and O–H groups in total. The Morgan fingerprint density at radius 1 is 1.07 bits per heavy atom. The monoisotopic (exact) mass is 406 g/mol. The summed E-state index contributed by atoms with van der Waals surface area (Å²) < 4.78 is 1.93. The largest absolute Gasteiger partial charge is 0.368 e. The molecule has 29 heavy (non-hydrogen) atoms. The van der Waals surface area contributed by atoms with Gasteiger partial charge in [-0.2, -0.15) is 0 Å². The van der Waals surface area contributed by atoms with Crippen LogP contribution in [0.15, 0.2) is 42.9 Å². The van der Waals surface area contributed by atoms with Crippen molar-refractivity contribution in [2.45, 2.75) is 32.9 Å². The minimum Gasteiger partial charge on any atom is -0.368 e. The lowest BCUT2D eigenvalue weighted by Crippen LogP contribution is -2.54. The maximum absolute atomic E-state index is 6.42. The van der Waals surface area contributed by atoms with Gasteiger partial charge in [-0.1, -0.05) is 11.6 Å². The number of piperazine rings is 1. The van der Waals surface area contributed by atoms with Crippen LogP contribution < -0.4 is 10.2 Å². The van der Waals surface area contributed by atoms with Gasteiger partial charge in [0.2, 0.25) is 0 Å². The first-order valence-electron chi connectivity index (χ1n) is 9.89. The maximum Gasteiger partial charge on any atom is 0.161 e. The molecule has 0 amide bonds. The van der Waals surface area contributed by atoms with Gasteiger partial charge >= 0.3 is 0 Å². The van der Waals surface area contributed by atoms with Crippen molar-refractivity contribution in [3.63, 3.8) is 0 Å². The first-order valence-corrected chi connectivity index (χ1v) is 10.3. The molecule has 7 heteroatoms. The molecule has 2 atom stereocenters. The molecule has 5 rings (SSSR count). The summed E-state index contributed by atoms with van der Waals surface area (Å²) in [6.45, 7) is 8.40. The molecule has 6 nitrogen and oxygen atoms in total. The molecule has 1 aliphatic heterocycles. The second-order valence-electron chi connectivity index (χ2n) is 8.00. The van der Waals surface area contributed by atoms with Crippen molar-refractivity contribution < 1.29 is 0 Å². The van der Waals surface area contributed by atoms with Crippen molar-refractivity contribution in [2.24, 2.45) is 0 Å². The Kier molecular flexibility index (Phi) is 4.41. The highest BCUT2D eigenvalue weighted by Gasteiger charge is 2.21. The zero-order chi connectivity index (χ0) is 20.1. The van der Waals surface area contributed by atoms with Crippen LogP contribution in [-0.2, 0) is 0 Å². The van der Waals surface area contributed by atoms with E-state index in [1.807, 2.05) is 36.0 Å². The Balaban J connectivity index is 1.51. The van der Waals surface area contributed by atoms with Crippen molar-refractivity contribution in [3.8, 4) is 11.4 Å². The molecule has 1 aliphatic rings. The van der Waals surface area contributed by atoms with Crippen LogP contribution in [0.1, 0.15) is 19.5 Å². The summed E-state index contributed by atoms with van der Waals surface area (Å²) >= 11 is 6.42. The second kappa shape index (κ2) is 6.97. The van der Waals surface area contributed by atoms with Crippen LogP contribution in [0.2, 0.25) is 5.02 Å². The number of anilines is 1. The fraction of sp³-hybridized carbons (Fsp3) is 0.318. The summed E-state index contributed by atoms with van der Waals surface area (Å²) in [5.41, 5.74) is 4.68. The van der Waals surface area contributed by atoms with E-state index in [1.54, 1.807) is 0 Å². The molecule has 1 saturated heterocycles. The summed E-state index contributed by atoms with van der Waals surface area (Å²) in [6, 6.07) is 9.23. The minimum atomic E-state index is 0.472. The van der Waals surface area contributed by atoms with E-state index >= 15 is 0 Å². The highest BCUT2D eigenvalue weighted by Crippen LogP contribution is 2.27. The molecule has 4 aromatic rings. The third kappa shape index (κ3) is 3.43. The van der Waals surface area contributed by atoms with Crippen LogP contribution in [0.3, 0.4) is 0 Å². The number of pyridine rings is 1. The lowest BCUT2D eigenvalue weighted by atomic mass is 10.1. The number of rotatable bonds is 2. The highest BCUT2D eigenvalue weighted by atomic mass is 35.5. The first-order chi connectivity index (χ1) is 14.0. The fourth-order valence-electron chi connectivity index (χ4n) is 4.20. The number of halogens is 1. The Labute approximate surface area is 174 Å². The molecule has 3 aromatic heterocycles. The Morgan fingerprint density at radius 2 is 1.86 bits per heavy atom. The van der Waals surface area contributed by atoms with Crippen molar-refractivity contribution >= 4 is 33.8 Å². The molecule has 0 spiro atoms. The highest BCUT2D eigenvalue weighted by molar-refractivity contribution is 6.33. The molecule has 0 saturated carbocycles. The van der Waals surface area contributed by atoms with Crippen molar-refractivity contribution in [3.05, 3.63) is 53.6 Å². The molecule has 148 valence electrons. The average molecular weight is 407 g/mol. The number of imidazole rings is 1. The third-order valence-corrected chi connectivity index (χ3v) is 5.65. The van der Waals surface area contributed by atoms with Gasteiger partial charge in [0.25, 0.3) is 0 Å². The number of aromatic nitrogens is 4. The van der Waals surface area contributed by atoms with Crippen LogP contribution in [-0.4, -0.2) is 44.5 Å². The van der Waals surface area contributed by atoms with E-state index < -0.39 is 0 Å². The van der Waals surface area contributed by atoms with Gasteiger partial charge in [0.05, 0.1) is 16.2 Å². The van der Waals surface area contributed by atoms with E-state index in [9.17, 15) is 0 Å². The van der Waals surface area contributed by atoms with Crippen molar-refractivity contribution in [1.82, 2.24) is 24.7 Å². The van der Waals surface area contributed by atoms with E-state index in [4.69, 9.17) is 16.6 Å². The summed E-state index contributed by atoms with van der Waals surface area (Å²) in [5, 5.41) is 5.21. The number of fused-ring (bicyclic) bond motifs is 2. The number of benzene rings is 1. The van der Waals surface area contributed by atoms with Gasteiger partial charge < -0.3 is 14.6 Å². The van der Waals surface area contributed by atoms with E-state index in [0.29, 0.717) is 22.9 Å². The second-order valence-corrected chi connectivity index (χ2v) is 8.41. The zero-order valence-corrected chi connectivity index (χ0v) is 17.5. The molecule has 2 unspecified atom stereocenters. The van der Waals surface area contributed by atoms with Crippen LogP contribution in [0.4, 0.5) is 5.69 Å².